The third kappa shape index (κ3) is 8.80. The quantitative estimate of drug-likeness (QED) is 0.125. The summed E-state index contributed by atoms with van der Waals surface area (Å²) in [5, 5.41) is 31.5. The first kappa shape index (κ1) is 41.3. The van der Waals surface area contributed by atoms with Crippen LogP contribution in [0.1, 0.15) is 106 Å². The summed E-state index contributed by atoms with van der Waals surface area (Å²) in [4.78, 5) is 26.3. The number of carbonyl (C=O) groups is 1. The number of hydrogen-bond donors (Lipinski definition) is 1. The Labute approximate surface area is 369 Å². The monoisotopic (exact) mass is 870 g/mol. The fourth-order valence-electron chi connectivity index (χ4n) is 8.66. The summed E-state index contributed by atoms with van der Waals surface area (Å²) in [5.74, 6) is 4.66. The van der Waals surface area contributed by atoms with Crippen LogP contribution in [0.2, 0.25) is 5.02 Å². The Morgan fingerprint density at radius 1 is 1.00 bits per heavy atom. The van der Waals surface area contributed by atoms with Gasteiger partial charge in [0.2, 0.25) is 0 Å². The number of thiophene rings is 1. The van der Waals surface area contributed by atoms with Crippen LogP contribution in [0.5, 0.6) is 11.5 Å². The van der Waals surface area contributed by atoms with E-state index in [2.05, 4.69) is 72.2 Å². The molecule has 3 aliphatic rings. The zero-order chi connectivity index (χ0) is 42.7. The summed E-state index contributed by atoms with van der Waals surface area (Å²) in [6.07, 6.45) is 9.98. The third-order valence-corrected chi connectivity index (χ3v) is 13.6. The molecule has 6 heterocycles. The van der Waals surface area contributed by atoms with E-state index in [1.165, 1.54) is 10.4 Å². The van der Waals surface area contributed by atoms with Gasteiger partial charge < -0.3 is 24.1 Å². The van der Waals surface area contributed by atoms with Gasteiger partial charge in [0.25, 0.3) is 5.91 Å². The van der Waals surface area contributed by atoms with Crippen molar-refractivity contribution in [3.8, 4) is 22.6 Å². The largest absolute Gasteiger partial charge is 0.494 e. The number of fused-ring (bicyclic) bond motifs is 3. The number of oxazole rings is 1. The molecule has 1 saturated heterocycles. The molecule has 318 valence electrons. The average Bonchev–Trinajstić information content (AvgIpc) is 4.00. The average molecular weight is 871 g/mol. The van der Waals surface area contributed by atoms with Gasteiger partial charge >= 0.3 is 0 Å². The normalized spacial score (nSPS) is 19.7. The zero-order valence-electron chi connectivity index (χ0n) is 34.9. The third-order valence-electron chi connectivity index (χ3n) is 12.1. The molecule has 0 spiro atoms. The van der Waals surface area contributed by atoms with Crippen molar-refractivity contribution < 1.29 is 18.7 Å². The lowest BCUT2D eigenvalue weighted by molar-refractivity contribution is 0.0888. The second-order valence-corrected chi connectivity index (χ2v) is 17.8. The molecule has 1 aliphatic carbocycles. The van der Waals surface area contributed by atoms with Crippen LogP contribution in [0.3, 0.4) is 0 Å². The molecule has 1 amide bonds. The summed E-state index contributed by atoms with van der Waals surface area (Å²) in [6, 6.07) is 18.8. The molecule has 1 saturated carbocycles. The van der Waals surface area contributed by atoms with E-state index in [0.29, 0.717) is 46.9 Å². The Morgan fingerprint density at radius 2 is 1.82 bits per heavy atom. The minimum Gasteiger partial charge on any atom is -0.494 e. The van der Waals surface area contributed by atoms with Crippen molar-refractivity contribution in [2.24, 2.45) is 10.9 Å². The van der Waals surface area contributed by atoms with Crippen molar-refractivity contribution in [2.75, 3.05) is 24.6 Å². The minimum atomic E-state index is -0.328. The van der Waals surface area contributed by atoms with E-state index in [9.17, 15) is 4.79 Å². The minimum absolute atomic E-state index is 0.0248. The van der Waals surface area contributed by atoms with Gasteiger partial charge in [0.05, 0.1) is 41.6 Å². The van der Waals surface area contributed by atoms with Crippen LogP contribution in [-0.4, -0.2) is 73.4 Å². The number of aromatic nitrogens is 6. The Hall–Kier alpha value is -6.11. The first-order valence-corrected chi connectivity index (χ1v) is 22.4. The molecule has 14 nitrogen and oxygen atoms in total. The van der Waals surface area contributed by atoms with E-state index in [4.69, 9.17) is 35.7 Å². The van der Waals surface area contributed by atoms with Crippen molar-refractivity contribution in [1.82, 2.24) is 35.3 Å². The molecule has 16 heteroatoms. The summed E-state index contributed by atoms with van der Waals surface area (Å²) >= 11 is 7.90. The summed E-state index contributed by atoms with van der Waals surface area (Å²) in [5.41, 5.74) is 4.93. The maximum absolute atomic E-state index is 13.1. The topological polar surface area (TPSA) is 169 Å². The number of nitriles is 1. The molecule has 0 bridgehead atoms. The maximum Gasteiger partial charge on any atom is 0.272 e. The molecule has 62 heavy (non-hydrogen) atoms. The van der Waals surface area contributed by atoms with Crippen LogP contribution in [-0.2, 0) is 6.42 Å². The molecule has 2 aromatic carbocycles. The number of hydrogen-bond acceptors (Lipinski definition) is 13. The first-order chi connectivity index (χ1) is 30.2. The lowest BCUT2D eigenvalue weighted by Crippen LogP contribution is -2.40. The number of aryl methyl sites for hydroxylation is 2. The van der Waals surface area contributed by atoms with Crippen LogP contribution < -0.4 is 19.7 Å². The first-order valence-electron chi connectivity index (χ1n) is 21.2. The number of piperidine rings is 1. The number of rotatable bonds is 12. The van der Waals surface area contributed by atoms with E-state index in [1.54, 1.807) is 48.1 Å². The van der Waals surface area contributed by atoms with Gasteiger partial charge in [0.1, 0.15) is 40.7 Å². The number of halogens is 1. The van der Waals surface area contributed by atoms with Crippen LogP contribution >= 0.6 is 22.9 Å². The molecule has 4 aromatic heterocycles. The van der Waals surface area contributed by atoms with Gasteiger partial charge in [0.15, 0.2) is 23.2 Å². The highest BCUT2D eigenvalue weighted by Crippen LogP contribution is 2.40. The highest BCUT2D eigenvalue weighted by atomic mass is 35.5. The van der Waals surface area contributed by atoms with Crippen LogP contribution in [0.25, 0.3) is 5.00 Å². The van der Waals surface area contributed by atoms with Gasteiger partial charge in [-0.05, 0) is 126 Å². The Kier molecular flexibility index (Phi) is 12.0. The van der Waals surface area contributed by atoms with Crippen molar-refractivity contribution in [2.45, 2.75) is 90.3 Å². The zero-order valence-corrected chi connectivity index (χ0v) is 36.5. The van der Waals surface area contributed by atoms with Gasteiger partial charge in [-0.15, -0.1) is 31.7 Å². The second-order valence-electron chi connectivity index (χ2n) is 16.2. The molecule has 2 fully saturated rings. The van der Waals surface area contributed by atoms with E-state index in [1.807, 2.05) is 25.1 Å². The molecule has 6 aromatic rings. The Bertz CT molecular complexity index is 2610. The van der Waals surface area contributed by atoms with Crippen LogP contribution in [0.15, 0.2) is 76.5 Å². The molecule has 0 unspecified atom stereocenters. The molecular weight excluding hydrogens is 824 g/mol. The number of amides is 1. The van der Waals surface area contributed by atoms with E-state index < -0.39 is 0 Å². The van der Waals surface area contributed by atoms with Crippen molar-refractivity contribution in [3.63, 3.8) is 0 Å². The molecule has 2 aliphatic heterocycles. The molecule has 1 N–H and O–H groups in total. The number of nitrogens with one attached hydrogen (secondary N) is 1. The van der Waals surface area contributed by atoms with Gasteiger partial charge in [-0.2, -0.15) is 5.26 Å². The predicted molar refractivity (Wildman–Crippen MR) is 236 cm³/mol. The molecule has 0 radical (unpaired) electrons. The Morgan fingerprint density at radius 3 is 2.56 bits per heavy atom. The number of ether oxygens (including phenoxy) is 2. The number of anilines is 1. The van der Waals surface area contributed by atoms with Crippen molar-refractivity contribution in [3.05, 3.63) is 122 Å². The van der Waals surface area contributed by atoms with Gasteiger partial charge in [0, 0.05) is 41.2 Å². The highest BCUT2D eigenvalue weighted by Gasteiger charge is 2.32. The van der Waals surface area contributed by atoms with Gasteiger partial charge in [-0.1, -0.05) is 11.6 Å². The molecule has 2 atom stereocenters. The lowest BCUT2D eigenvalue weighted by atomic mass is 9.92. The maximum atomic E-state index is 13.1. The number of benzene rings is 2. The van der Waals surface area contributed by atoms with Crippen molar-refractivity contribution in [1.29, 1.82) is 5.26 Å². The second kappa shape index (κ2) is 18.1. The summed E-state index contributed by atoms with van der Waals surface area (Å²) in [6.45, 7) is 8.62. The van der Waals surface area contributed by atoms with Crippen LogP contribution in [0.4, 0.5) is 5.82 Å². The van der Waals surface area contributed by atoms with E-state index in [-0.39, 0.29) is 24.1 Å². The highest BCUT2D eigenvalue weighted by molar-refractivity contribution is 7.15. The van der Waals surface area contributed by atoms with E-state index >= 15 is 0 Å². The fraction of sp³-hybridized carbons (Fsp3) is 0.391. The number of aliphatic imine (C=N–C) groups is 1. The fourth-order valence-corrected chi connectivity index (χ4v) is 10.1. The SMILES string of the molecule is Cc1sc2c(c1C)C(c1ccc(OCC[C@H]3CCCN(c4ccc(C(=O)NC5CCC(Oc6ccc(C#N)c(Cl)c6)CC5)nn4)C3)cc1)=N[C@@H](Cc1ncco1)c1nnc(C)n1-2. The van der Waals surface area contributed by atoms with E-state index in [0.717, 1.165) is 103 Å². The summed E-state index contributed by atoms with van der Waals surface area (Å²) < 4.78 is 20.2. The van der Waals surface area contributed by atoms with Gasteiger partial charge in [-0.25, -0.2) is 4.98 Å². The smallest absolute Gasteiger partial charge is 0.272 e. The standard InChI is InChI=1S/C46H47ClN10O4S/c1-27-28(2)62-46-42(27)43(51-39(24-41-49-19-22-60-41)44-55-52-29(3)57(44)46)31-6-11-34(12-7-31)59-21-18-30-5-4-20-56(26-30)40-17-16-38(53-54-40)45(58)50-33-9-14-35(15-10-33)61-36-13-8-32(25-48)37(47)23-36/h6-8,11-13,16-17,19,22-23,30,33,35,39H,4-5,9-10,14-15,18,20-21,24,26H2,1-3H3,(H,50,58)/t30-,33?,35?,39+/m1/s1. The lowest BCUT2D eigenvalue weighted by Gasteiger charge is -2.33. The van der Waals surface area contributed by atoms with Crippen molar-refractivity contribution >= 4 is 40.4 Å². The Balaban J connectivity index is 0.772. The molecular formula is C46H47ClN10O4S. The van der Waals surface area contributed by atoms with Crippen LogP contribution in [0, 0.1) is 38.0 Å². The number of nitrogens with zero attached hydrogens (tertiary/aromatic N) is 9. The summed E-state index contributed by atoms with van der Waals surface area (Å²) in [7, 11) is 0. The molecule has 9 rings (SSSR count). The predicted octanol–water partition coefficient (Wildman–Crippen LogP) is 8.50. The number of carbonyl (C=O) groups excluding carboxylic acids is 1. The van der Waals surface area contributed by atoms with Gasteiger partial charge in [-0.3, -0.25) is 14.4 Å².